The van der Waals surface area contributed by atoms with Crippen LogP contribution in [0.25, 0.3) is 0 Å². The summed E-state index contributed by atoms with van der Waals surface area (Å²) in [7, 11) is 0. The predicted molar refractivity (Wildman–Crippen MR) is 94.1 cm³/mol. The number of carbonyl (C=O) groups excluding carboxylic acids is 1. The monoisotopic (exact) mass is 362 g/mol. The van der Waals surface area contributed by atoms with Crippen LogP contribution in [0.2, 0.25) is 0 Å². The van der Waals surface area contributed by atoms with Crippen LogP contribution >= 0.6 is 0 Å². The van der Waals surface area contributed by atoms with Gasteiger partial charge in [0.1, 0.15) is 23.0 Å². The zero-order chi connectivity index (χ0) is 18.6. The maximum atomic E-state index is 12.6. The Morgan fingerprint density at radius 2 is 1.67 bits per heavy atom. The molecule has 1 unspecified atom stereocenters. The molecule has 0 aromatic heterocycles. The number of rotatable bonds is 2. The van der Waals surface area contributed by atoms with Crippen LogP contribution in [0.4, 0.5) is 0 Å². The summed E-state index contributed by atoms with van der Waals surface area (Å²) in [5.74, 6) is 0.824. The van der Waals surface area contributed by atoms with Crippen LogP contribution in [0.1, 0.15) is 27.0 Å². The van der Waals surface area contributed by atoms with Gasteiger partial charge in [0, 0.05) is 28.8 Å². The molecule has 0 radical (unpaired) electrons. The van der Waals surface area contributed by atoms with E-state index in [1.54, 1.807) is 36.4 Å². The molecule has 0 amide bonds. The molecule has 0 aliphatic carbocycles. The SMILES string of the molecule is O=C1OC2(c3ccc(O)cc3Oc3cc(OCO)ccc32)c2ccccc21. The number of phenols is 1. The molecule has 2 heterocycles. The van der Waals surface area contributed by atoms with Crippen LogP contribution in [0.3, 0.4) is 0 Å². The van der Waals surface area contributed by atoms with E-state index in [9.17, 15) is 9.90 Å². The second kappa shape index (κ2) is 5.49. The van der Waals surface area contributed by atoms with Gasteiger partial charge < -0.3 is 24.4 Å². The van der Waals surface area contributed by atoms with E-state index in [2.05, 4.69) is 0 Å². The molecule has 1 spiro atoms. The van der Waals surface area contributed by atoms with Gasteiger partial charge in [0.2, 0.25) is 0 Å². The molecule has 3 aromatic rings. The predicted octanol–water partition coefficient (Wildman–Crippen LogP) is 3.29. The molecule has 0 fully saturated rings. The molecule has 5 rings (SSSR count). The highest BCUT2D eigenvalue weighted by molar-refractivity contribution is 5.97. The molecular weight excluding hydrogens is 348 g/mol. The van der Waals surface area contributed by atoms with Gasteiger partial charge in [-0.15, -0.1) is 0 Å². The molecule has 6 heteroatoms. The minimum Gasteiger partial charge on any atom is -0.508 e. The number of esters is 1. The first-order valence-corrected chi connectivity index (χ1v) is 8.36. The Balaban J connectivity index is 1.84. The Kier molecular flexibility index (Phi) is 3.20. The molecule has 27 heavy (non-hydrogen) atoms. The average molecular weight is 362 g/mol. The summed E-state index contributed by atoms with van der Waals surface area (Å²) in [6.07, 6.45) is 0. The topological polar surface area (TPSA) is 85.2 Å². The fourth-order valence-electron chi connectivity index (χ4n) is 3.81. The number of fused-ring (bicyclic) bond motifs is 6. The number of hydrogen-bond donors (Lipinski definition) is 2. The van der Waals surface area contributed by atoms with Crippen molar-refractivity contribution < 1.29 is 29.2 Å². The van der Waals surface area contributed by atoms with Crippen molar-refractivity contribution in [2.45, 2.75) is 5.60 Å². The Morgan fingerprint density at radius 3 is 2.48 bits per heavy atom. The summed E-state index contributed by atoms with van der Waals surface area (Å²) in [4.78, 5) is 12.6. The summed E-state index contributed by atoms with van der Waals surface area (Å²) < 4.78 is 17.1. The normalized spacial score (nSPS) is 18.9. The van der Waals surface area contributed by atoms with E-state index in [-0.39, 0.29) is 5.75 Å². The zero-order valence-corrected chi connectivity index (χ0v) is 14.0. The van der Waals surface area contributed by atoms with Crippen LogP contribution in [0, 0.1) is 0 Å². The zero-order valence-electron chi connectivity index (χ0n) is 14.0. The van der Waals surface area contributed by atoms with E-state index in [4.69, 9.17) is 19.3 Å². The lowest BCUT2D eigenvalue weighted by molar-refractivity contribution is 0.0224. The first kappa shape index (κ1) is 15.7. The van der Waals surface area contributed by atoms with E-state index in [0.717, 1.165) is 0 Å². The van der Waals surface area contributed by atoms with Crippen molar-refractivity contribution in [1.29, 1.82) is 0 Å². The Morgan fingerprint density at radius 1 is 0.926 bits per heavy atom. The fraction of sp³-hybridized carbons (Fsp3) is 0.0952. The number of carbonyl (C=O) groups is 1. The van der Waals surface area contributed by atoms with Crippen molar-refractivity contribution in [2.75, 3.05) is 6.79 Å². The fourth-order valence-corrected chi connectivity index (χ4v) is 3.81. The van der Waals surface area contributed by atoms with Gasteiger partial charge in [-0.05, 0) is 30.3 Å². The third-order valence-corrected chi connectivity index (χ3v) is 4.90. The molecule has 2 N–H and O–H groups in total. The van der Waals surface area contributed by atoms with E-state index in [0.29, 0.717) is 39.5 Å². The minimum absolute atomic E-state index is 0.0349. The highest BCUT2D eigenvalue weighted by Gasteiger charge is 2.53. The number of benzene rings is 3. The Hall–Kier alpha value is -3.51. The van der Waals surface area contributed by atoms with Crippen LogP contribution < -0.4 is 9.47 Å². The van der Waals surface area contributed by atoms with Crippen molar-refractivity contribution in [2.24, 2.45) is 0 Å². The Bertz CT molecular complexity index is 1090. The first-order chi connectivity index (χ1) is 13.1. The van der Waals surface area contributed by atoms with Crippen molar-refractivity contribution in [3.63, 3.8) is 0 Å². The van der Waals surface area contributed by atoms with E-state index in [1.807, 2.05) is 12.1 Å². The molecule has 0 saturated carbocycles. The number of aliphatic hydroxyl groups excluding tert-OH is 1. The first-order valence-electron chi connectivity index (χ1n) is 8.36. The number of hydrogen-bond acceptors (Lipinski definition) is 6. The summed E-state index contributed by atoms with van der Waals surface area (Å²) in [5.41, 5.74) is 1.29. The van der Waals surface area contributed by atoms with Gasteiger partial charge in [0.05, 0.1) is 5.56 Å². The lowest BCUT2D eigenvalue weighted by Gasteiger charge is -2.36. The molecular formula is C21H14O6. The van der Waals surface area contributed by atoms with Crippen molar-refractivity contribution in [3.8, 4) is 23.0 Å². The van der Waals surface area contributed by atoms with E-state index in [1.165, 1.54) is 12.1 Å². The molecule has 2 aliphatic heterocycles. The molecule has 6 nitrogen and oxygen atoms in total. The smallest absolute Gasteiger partial charge is 0.340 e. The number of aliphatic hydroxyl groups is 1. The van der Waals surface area contributed by atoms with E-state index >= 15 is 0 Å². The molecule has 0 bridgehead atoms. The molecule has 134 valence electrons. The molecule has 0 saturated heterocycles. The van der Waals surface area contributed by atoms with Gasteiger partial charge in [-0.2, -0.15) is 0 Å². The summed E-state index contributed by atoms with van der Waals surface area (Å²) in [6.45, 7) is -0.473. The lowest BCUT2D eigenvalue weighted by Crippen LogP contribution is -2.32. The second-order valence-electron chi connectivity index (χ2n) is 6.33. The van der Waals surface area contributed by atoms with Crippen LogP contribution in [-0.4, -0.2) is 23.0 Å². The van der Waals surface area contributed by atoms with Crippen molar-refractivity contribution >= 4 is 5.97 Å². The van der Waals surface area contributed by atoms with Gasteiger partial charge in [0.15, 0.2) is 12.4 Å². The maximum absolute atomic E-state index is 12.6. The number of phenolic OH excluding ortho intramolecular Hbond substituents is 1. The standard InChI is InChI=1S/C21H14O6/c22-11-25-13-6-8-17-19(10-13)26-18-9-12(23)5-7-16(18)21(17)15-4-2-1-3-14(15)20(24)27-21/h1-10,22-23H,11H2. The van der Waals surface area contributed by atoms with Crippen molar-refractivity contribution in [1.82, 2.24) is 0 Å². The quantitative estimate of drug-likeness (QED) is 0.538. The molecule has 3 aromatic carbocycles. The van der Waals surface area contributed by atoms with E-state index < -0.39 is 18.4 Å². The Labute approximate surface area is 154 Å². The van der Waals surface area contributed by atoms with Crippen LogP contribution in [0.5, 0.6) is 23.0 Å². The second-order valence-corrected chi connectivity index (χ2v) is 6.33. The number of ether oxygens (including phenoxy) is 3. The highest BCUT2D eigenvalue weighted by atomic mass is 16.6. The largest absolute Gasteiger partial charge is 0.508 e. The third kappa shape index (κ3) is 2.07. The van der Waals surface area contributed by atoms with Gasteiger partial charge in [-0.25, -0.2) is 4.79 Å². The molecule has 2 aliphatic rings. The van der Waals surface area contributed by atoms with Crippen LogP contribution in [0.15, 0.2) is 60.7 Å². The van der Waals surface area contributed by atoms with Gasteiger partial charge >= 0.3 is 5.97 Å². The summed E-state index contributed by atoms with van der Waals surface area (Å²) in [6, 6.07) is 17.0. The van der Waals surface area contributed by atoms with Gasteiger partial charge in [-0.3, -0.25) is 0 Å². The average Bonchev–Trinajstić information content (AvgIpc) is 2.95. The maximum Gasteiger partial charge on any atom is 0.340 e. The van der Waals surface area contributed by atoms with Gasteiger partial charge in [-0.1, -0.05) is 18.2 Å². The molecule has 1 atom stereocenters. The number of aromatic hydroxyl groups is 1. The summed E-state index contributed by atoms with van der Waals surface area (Å²) in [5, 5.41) is 18.9. The minimum atomic E-state index is -1.18. The summed E-state index contributed by atoms with van der Waals surface area (Å²) >= 11 is 0. The lowest BCUT2D eigenvalue weighted by atomic mass is 9.77. The van der Waals surface area contributed by atoms with Gasteiger partial charge in [0.25, 0.3) is 0 Å². The third-order valence-electron chi connectivity index (χ3n) is 4.90. The van der Waals surface area contributed by atoms with Crippen molar-refractivity contribution in [3.05, 3.63) is 82.9 Å². The van der Waals surface area contributed by atoms with Crippen LogP contribution in [-0.2, 0) is 10.3 Å². The highest BCUT2D eigenvalue weighted by Crippen LogP contribution is 2.56.